The Balaban J connectivity index is 0.000000416. The third-order valence-corrected chi connectivity index (χ3v) is 10.2. The van der Waals surface area contributed by atoms with Crippen molar-refractivity contribution in [1.29, 1.82) is 0 Å². The van der Waals surface area contributed by atoms with E-state index in [4.69, 9.17) is 0 Å². The first-order valence-electron chi connectivity index (χ1n) is 23.4. The summed E-state index contributed by atoms with van der Waals surface area (Å²) in [6.07, 6.45) is 20.6. The third-order valence-electron chi connectivity index (χ3n) is 10.2. The Morgan fingerprint density at radius 1 is 0.547 bits per heavy atom. The molecule has 2 aliphatic carbocycles. The minimum Gasteiger partial charge on any atom is -0.109 e. The van der Waals surface area contributed by atoms with Gasteiger partial charge in [0.15, 0.2) is 0 Å². The van der Waals surface area contributed by atoms with Crippen LogP contribution in [-0.2, 0) is 0 Å². The molecule has 64 heavy (non-hydrogen) atoms. The van der Waals surface area contributed by atoms with Gasteiger partial charge in [-0.25, -0.2) is 0 Å². The van der Waals surface area contributed by atoms with Crippen LogP contribution in [0, 0.1) is 47.5 Å². The van der Waals surface area contributed by atoms with Crippen LogP contribution in [0.15, 0.2) is 199 Å². The van der Waals surface area contributed by atoms with E-state index in [-0.39, 0.29) is 0 Å². The second-order valence-electron chi connectivity index (χ2n) is 15.3. The number of hydrogen-bond donors (Lipinski definition) is 0. The second kappa shape index (κ2) is 31.6. The van der Waals surface area contributed by atoms with Crippen LogP contribution < -0.4 is 0 Å². The van der Waals surface area contributed by atoms with Crippen molar-refractivity contribution >= 4 is 27.1 Å². The van der Waals surface area contributed by atoms with Crippen molar-refractivity contribution in [2.45, 2.75) is 111 Å². The molecule has 0 aromatic heterocycles. The van der Waals surface area contributed by atoms with Gasteiger partial charge >= 0.3 is 0 Å². The SMILES string of the molecule is C=C/C(C)=C\C=C/C.CC.CC.CC.CC1=C=C(c2ccc(C)c(-c3ccc(C)cc3C)c2)C=C1.CC1C=CC=C1.Cc1ccc2ccc3ccccc3c2c1.Cc1ccccc1C. The van der Waals surface area contributed by atoms with Gasteiger partial charge in [-0.15, -0.1) is 5.73 Å². The first-order valence-corrected chi connectivity index (χ1v) is 23.4. The molecule has 0 N–H and O–H groups in total. The smallest absolute Gasteiger partial charge is 0.0240 e. The minimum absolute atomic E-state index is 0.685. The Morgan fingerprint density at radius 3 is 1.61 bits per heavy atom. The Morgan fingerprint density at radius 2 is 1.09 bits per heavy atom. The molecule has 0 radical (unpaired) electrons. The average Bonchev–Trinajstić information content (AvgIpc) is 4.00. The van der Waals surface area contributed by atoms with Gasteiger partial charge in [0.25, 0.3) is 0 Å². The summed E-state index contributed by atoms with van der Waals surface area (Å²) in [6.45, 7) is 36.8. The van der Waals surface area contributed by atoms with Gasteiger partial charge < -0.3 is 0 Å². The maximum atomic E-state index is 3.61. The van der Waals surface area contributed by atoms with Gasteiger partial charge in [-0.1, -0.05) is 236 Å². The standard InChI is InChI=1S/C21H20.C15H12.C8H10.C8H12.C6H8.3C2H6/c1-14-6-10-20(17(4)11-14)21-13-19(9-7-16(21)3)18-8-5-15(2)12-18;1-11-6-7-13-9-8-12-4-2-3-5-14(12)15(13)10-11;1-7-5-3-4-6-8(7)2;1-4-6-7-8(3)5-2;1-6-4-2-3-5-6;3*1-2/h5-11,13H,1-4H3;2-10H,1H3;3-6H,1-2H3;4-7H,2H2,1,3H3;2-6H,1H3;3*1-2H3/b;;;6-4-,8-7-;;;;. The predicted octanol–water partition coefficient (Wildman–Crippen LogP) is 19.9. The number of benzene rings is 6. The fourth-order valence-electron chi connectivity index (χ4n) is 6.51. The molecule has 0 heteroatoms. The summed E-state index contributed by atoms with van der Waals surface area (Å²) >= 11 is 0. The molecular formula is C64H80. The highest BCUT2D eigenvalue weighted by Gasteiger charge is 2.09. The Kier molecular flexibility index (Phi) is 27.6. The lowest BCUT2D eigenvalue weighted by Crippen LogP contribution is -1.90. The van der Waals surface area contributed by atoms with E-state index in [0.717, 1.165) is 0 Å². The predicted molar refractivity (Wildman–Crippen MR) is 294 cm³/mol. The first kappa shape index (κ1) is 55.8. The molecule has 0 atom stereocenters. The lowest BCUT2D eigenvalue weighted by atomic mass is 9.92. The summed E-state index contributed by atoms with van der Waals surface area (Å²) in [4.78, 5) is 0. The molecule has 0 bridgehead atoms. The van der Waals surface area contributed by atoms with Crippen molar-refractivity contribution in [3.63, 3.8) is 0 Å². The molecule has 0 saturated heterocycles. The molecule has 0 unspecified atom stereocenters. The van der Waals surface area contributed by atoms with Gasteiger partial charge in [0.2, 0.25) is 0 Å². The minimum atomic E-state index is 0.685. The summed E-state index contributed by atoms with van der Waals surface area (Å²) in [6, 6.07) is 41.3. The molecule has 0 heterocycles. The first-order chi connectivity index (χ1) is 30.9. The molecule has 0 saturated carbocycles. The average molecular weight is 849 g/mol. The highest BCUT2D eigenvalue weighted by molar-refractivity contribution is 6.07. The highest BCUT2D eigenvalue weighted by Crippen LogP contribution is 2.31. The summed E-state index contributed by atoms with van der Waals surface area (Å²) in [5, 5.41) is 5.33. The fraction of sp³-hybridized carbons (Fsp3) is 0.266. The molecule has 2 aliphatic rings. The lowest BCUT2D eigenvalue weighted by molar-refractivity contribution is 0.958. The van der Waals surface area contributed by atoms with Crippen LogP contribution in [0.5, 0.6) is 0 Å². The second-order valence-corrected chi connectivity index (χ2v) is 15.3. The zero-order valence-corrected chi connectivity index (χ0v) is 42.5. The molecular weight excluding hydrogens is 769 g/mol. The molecule has 336 valence electrons. The van der Waals surface area contributed by atoms with Crippen molar-refractivity contribution in [1.82, 2.24) is 0 Å². The number of allylic oxidation sites excluding steroid dienone is 12. The Hall–Kier alpha value is -6.20. The van der Waals surface area contributed by atoms with Crippen LogP contribution in [-0.4, -0.2) is 0 Å². The van der Waals surface area contributed by atoms with Crippen LogP contribution in [0.2, 0.25) is 0 Å². The van der Waals surface area contributed by atoms with Gasteiger partial charge in [0.05, 0.1) is 0 Å². The monoisotopic (exact) mass is 849 g/mol. The lowest BCUT2D eigenvalue weighted by Gasteiger charge is -2.12. The topological polar surface area (TPSA) is 0 Å². The maximum Gasteiger partial charge on any atom is 0.0240 e. The van der Waals surface area contributed by atoms with Crippen molar-refractivity contribution in [3.8, 4) is 11.1 Å². The summed E-state index contributed by atoms with van der Waals surface area (Å²) < 4.78 is 0. The van der Waals surface area contributed by atoms with Gasteiger partial charge in [0, 0.05) is 5.57 Å². The van der Waals surface area contributed by atoms with Crippen LogP contribution in [0.25, 0.3) is 38.2 Å². The Bertz CT molecular complexity index is 2520. The number of aryl methyl sites for hydroxylation is 6. The van der Waals surface area contributed by atoms with Crippen molar-refractivity contribution in [2.24, 2.45) is 5.92 Å². The third kappa shape index (κ3) is 19.0. The van der Waals surface area contributed by atoms with E-state index in [1.807, 2.05) is 79.7 Å². The Labute approximate surface area is 391 Å². The van der Waals surface area contributed by atoms with Crippen molar-refractivity contribution in [2.75, 3.05) is 0 Å². The maximum absolute atomic E-state index is 3.61. The van der Waals surface area contributed by atoms with E-state index in [9.17, 15) is 0 Å². The van der Waals surface area contributed by atoms with E-state index in [1.165, 1.54) is 88.3 Å². The van der Waals surface area contributed by atoms with Crippen molar-refractivity contribution in [3.05, 3.63) is 238 Å². The quantitative estimate of drug-likeness (QED) is 0.0942. The van der Waals surface area contributed by atoms with E-state index < -0.39 is 0 Å². The van der Waals surface area contributed by atoms with Crippen LogP contribution >= 0.6 is 0 Å². The van der Waals surface area contributed by atoms with Gasteiger partial charge in [-0.3, -0.25) is 0 Å². The van der Waals surface area contributed by atoms with Crippen LogP contribution in [0.4, 0.5) is 0 Å². The number of fused-ring (bicyclic) bond motifs is 3. The van der Waals surface area contributed by atoms with Crippen LogP contribution in [0.3, 0.4) is 0 Å². The summed E-state index contributed by atoms with van der Waals surface area (Å²) in [5.41, 5.74) is 18.9. The van der Waals surface area contributed by atoms with Crippen molar-refractivity contribution < 1.29 is 0 Å². The van der Waals surface area contributed by atoms with Gasteiger partial charge in [0.1, 0.15) is 0 Å². The molecule has 0 spiro atoms. The number of rotatable bonds is 4. The summed E-state index contributed by atoms with van der Waals surface area (Å²) in [5.74, 6) is 0.685. The normalized spacial score (nSPS) is 11.8. The molecule has 6 aromatic carbocycles. The molecule has 0 aliphatic heterocycles. The number of hydrogen-bond acceptors (Lipinski definition) is 0. The molecule has 0 amide bonds. The molecule has 0 fully saturated rings. The van der Waals surface area contributed by atoms with Crippen LogP contribution in [0.1, 0.15) is 108 Å². The summed E-state index contributed by atoms with van der Waals surface area (Å²) in [7, 11) is 0. The molecule has 8 rings (SSSR count). The van der Waals surface area contributed by atoms with E-state index in [0.29, 0.717) is 5.92 Å². The van der Waals surface area contributed by atoms with Gasteiger partial charge in [-0.2, -0.15) is 0 Å². The van der Waals surface area contributed by atoms with Gasteiger partial charge in [-0.05, 0) is 146 Å². The van der Waals surface area contributed by atoms with E-state index in [1.54, 1.807) is 0 Å². The van der Waals surface area contributed by atoms with E-state index >= 15 is 0 Å². The molecule has 6 aromatic rings. The van der Waals surface area contributed by atoms with E-state index in [2.05, 4.69) is 219 Å². The zero-order chi connectivity index (χ0) is 48.0. The zero-order valence-electron chi connectivity index (χ0n) is 42.5. The fourth-order valence-corrected chi connectivity index (χ4v) is 6.51. The highest BCUT2D eigenvalue weighted by atomic mass is 14.1. The molecule has 0 nitrogen and oxygen atoms in total. The largest absolute Gasteiger partial charge is 0.109 e.